The minimum absolute atomic E-state index is 0.222. The minimum Gasteiger partial charge on any atom is -0.486 e. The summed E-state index contributed by atoms with van der Waals surface area (Å²) >= 11 is 3.58. The maximum atomic E-state index is 6.02. The van der Waals surface area contributed by atoms with E-state index < -0.39 is 0 Å². The molecule has 1 atom stereocenters. The number of methoxy groups -OCH3 is 1. The van der Waals surface area contributed by atoms with Crippen LogP contribution in [0.5, 0.6) is 5.75 Å². The van der Waals surface area contributed by atoms with Crippen molar-refractivity contribution >= 4 is 15.9 Å². The van der Waals surface area contributed by atoms with Crippen LogP contribution in [0.2, 0.25) is 0 Å². The summed E-state index contributed by atoms with van der Waals surface area (Å²) in [6.45, 7) is 2.38. The highest BCUT2D eigenvalue weighted by Gasteiger charge is 2.11. The molecule has 1 aliphatic rings. The van der Waals surface area contributed by atoms with Crippen LogP contribution in [0.4, 0.5) is 0 Å². The molecule has 0 amide bonds. The molecule has 4 heteroatoms. The van der Waals surface area contributed by atoms with Gasteiger partial charge in [0.25, 0.3) is 0 Å². The molecule has 110 valence electrons. The second-order valence-corrected chi connectivity index (χ2v) is 5.79. The highest BCUT2D eigenvalue weighted by atomic mass is 79.9. The van der Waals surface area contributed by atoms with Gasteiger partial charge in [0.05, 0.1) is 6.61 Å². The summed E-state index contributed by atoms with van der Waals surface area (Å²) in [6.07, 6.45) is 8.09. The molecule has 1 N–H and O–H groups in total. The molecule has 0 spiro atoms. The molecule has 1 aliphatic carbocycles. The second-order valence-electron chi connectivity index (χ2n) is 4.94. The van der Waals surface area contributed by atoms with Crippen LogP contribution >= 0.6 is 15.9 Å². The van der Waals surface area contributed by atoms with Crippen molar-refractivity contribution in [3.63, 3.8) is 0 Å². The largest absolute Gasteiger partial charge is 0.486 e. The smallest absolute Gasteiger partial charge is 0.120 e. The van der Waals surface area contributed by atoms with Gasteiger partial charge in [0.15, 0.2) is 0 Å². The van der Waals surface area contributed by atoms with Gasteiger partial charge in [-0.05, 0) is 49.1 Å². The first-order chi connectivity index (χ1) is 9.79. The lowest BCUT2D eigenvalue weighted by atomic mass is 10.1. The Labute approximate surface area is 129 Å². The Bertz CT molecular complexity index is 448. The second kappa shape index (κ2) is 8.45. The lowest BCUT2D eigenvalue weighted by Crippen LogP contribution is -2.19. The number of benzene rings is 1. The van der Waals surface area contributed by atoms with Crippen molar-refractivity contribution in [3.05, 3.63) is 40.4 Å². The molecule has 0 heterocycles. The van der Waals surface area contributed by atoms with Crippen LogP contribution in [0, 0.1) is 0 Å². The summed E-state index contributed by atoms with van der Waals surface area (Å²) < 4.78 is 12.2. The van der Waals surface area contributed by atoms with E-state index in [1.54, 1.807) is 7.11 Å². The Balaban J connectivity index is 1.93. The molecule has 2 rings (SSSR count). The van der Waals surface area contributed by atoms with Crippen molar-refractivity contribution in [2.24, 2.45) is 0 Å². The summed E-state index contributed by atoms with van der Waals surface area (Å²) in [7, 11) is 1.71. The summed E-state index contributed by atoms with van der Waals surface area (Å²) in [5.74, 6) is 0.938. The van der Waals surface area contributed by atoms with Crippen molar-refractivity contribution in [3.8, 4) is 5.75 Å². The Morgan fingerprint density at radius 1 is 1.40 bits per heavy atom. The molecule has 0 saturated carbocycles. The predicted molar refractivity (Wildman–Crippen MR) is 85.1 cm³/mol. The van der Waals surface area contributed by atoms with Gasteiger partial charge < -0.3 is 14.8 Å². The van der Waals surface area contributed by atoms with Gasteiger partial charge >= 0.3 is 0 Å². The molecule has 0 radical (unpaired) electrons. The van der Waals surface area contributed by atoms with E-state index in [2.05, 4.69) is 45.5 Å². The molecule has 0 fully saturated rings. The van der Waals surface area contributed by atoms with Crippen molar-refractivity contribution in [1.82, 2.24) is 5.32 Å². The molecule has 0 aromatic heterocycles. The number of rotatable bonds is 7. The first-order valence-corrected chi connectivity index (χ1v) is 7.90. The molecule has 3 nitrogen and oxygen atoms in total. The van der Waals surface area contributed by atoms with Gasteiger partial charge in [-0.15, -0.1) is 0 Å². The molecule has 1 unspecified atom stereocenters. The molecular formula is C16H22BrNO2. The average Bonchev–Trinajstić information content (AvgIpc) is 2.48. The Morgan fingerprint density at radius 3 is 3.05 bits per heavy atom. The highest BCUT2D eigenvalue weighted by Crippen LogP contribution is 2.25. The van der Waals surface area contributed by atoms with Gasteiger partial charge in [0.2, 0.25) is 0 Å². The Hall–Kier alpha value is -0.840. The van der Waals surface area contributed by atoms with E-state index in [9.17, 15) is 0 Å². The molecule has 0 aliphatic heterocycles. The van der Waals surface area contributed by atoms with E-state index in [0.29, 0.717) is 0 Å². The topological polar surface area (TPSA) is 30.5 Å². The number of halogens is 1. The highest BCUT2D eigenvalue weighted by molar-refractivity contribution is 9.10. The number of allylic oxidation sites excluding steroid dienone is 1. The SMILES string of the molecule is COCCNCc1cc(OC2C=CCCC2)ccc1Br. The molecule has 0 saturated heterocycles. The summed E-state index contributed by atoms with van der Waals surface area (Å²) in [5.41, 5.74) is 1.21. The predicted octanol–water partition coefficient (Wildman–Crippen LogP) is 3.67. The van der Waals surface area contributed by atoms with E-state index >= 15 is 0 Å². The van der Waals surface area contributed by atoms with Crippen molar-refractivity contribution < 1.29 is 9.47 Å². The number of hydrogen-bond donors (Lipinski definition) is 1. The average molecular weight is 340 g/mol. The van der Waals surface area contributed by atoms with Gasteiger partial charge in [-0.3, -0.25) is 0 Å². The van der Waals surface area contributed by atoms with Gasteiger partial charge in [0.1, 0.15) is 11.9 Å². The summed E-state index contributed by atoms with van der Waals surface area (Å²) in [5, 5.41) is 3.35. The standard InChI is InChI=1S/C16H22BrNO2/c1-19-10-9-18-12-13-11-15(7-8-16(13)17)20-14-5-3-2-4-6-14/h3,5,7-8,11,14,18H,2,4,6,9-10,12H2,1H3. The Kier molecular flexibility index (Phi) is 6.57. The fourth-order valence-electron chi connectivity index (χ4n) is 2.21. The number of ether oxygens (including phenoxy) is 2. The fourth-order valence-corrected chi connectivity index (χ4v) is 2.60. The van der Waals surface area contributed by atoms with E-state index in [1.807, 2.05) is 6.07 Å². The van der Waals surface area contributed by atoms with Crippen LogP contribution in [0.15, 0.2) is 34.8 Å². The number of hydrogen-bond acceptors (Lipinski definition) is 3. The van der Waals surface area contributed by atoms with Crippen LogP contribution < -0.4 is 10.1 Å². The van der Waals surface area contributed by atoms with Crippen LogP contribution in [0.25, 0.3) is 0 Å². The first kappa shape index (κ1) is 15.5. The first-order valence-electron chi connectivity index (χ1n) is 7.11. The van der Waals surface area contributed by atoms with Crippen molar-refractivity contribution in [2.75, 3.05) is 20.3 Å². The zero-order valence-corrected chi connectivity index (χ0v) is 13.5. The van der Waals surface area contributed by atoms with Crippen molar-refractivity contribution in [1.29, 1.82) is 0 Å². The van der Waals surface area contributed by atoms with Crippen LogP contribution in [-0.4, -0.2) is 26.4 Å². The lowest BCUT2D eigenvalue weighted by Gasteiger charge is -2.19. The van der Waals surface area contributed by atoms with Crippen LogP contribution in [0.1, 0.15) is 24.8 Å². The van der Waals surface area contributed by atoms with Crippen LogP contribution in [0.3, 0.4) is 0 Å². The maximum absolute atomic E-state index is 6.02. The van der Waals surface area contributed by atoms with Gasteiger partial charge in [-0.25, -0.2) is 0 Å². The number of nitrogens with one attached hydrogen (secondary N) is 1. The molecule has 0 bridgehead atoms. The summed E-state index contributed by atoms with van der Waals surface area (Å²) in [6, 6.07) is 6.17. The summed E-state index contributed by atoms with van der Waals surface area (Å²) in [4.78, 5) is 0. The fraction of sp³-hybridized carbons (Fsp3) is 0.500. The zero-order valence-electron chi connectivity index (χ0n) is 11.9. The molecule has 1 aromatic rings. The monoisotopic (exact) mass is 339 g/mol. The van der Waals surface area contributed by atoms with E-state index in [0.717, 1.165) is 36.3 Å². The normalized spacial score (nSPS) is 18.2. The van der Waals surface area contributed by atoms with Gasteiger partial charge in [-0.2, -0.15) is 0 Å². The quantitative estimate of drug-likeness (QED) is 0.607. The van der Waals surface area contributed by atoms with Gasteiger partial charge in [0, 0.05) is 24.7 Å². The van der Waals surface area contributed by atoms with Crippen LogP contribution in [-0.2, 0) is 11.3 Å². The van der Waals surface area contributed by atoms with E-state index in [-0.39, 0.29) is 6.10 Å². The molecular weight excluding hydrogens is 318 g/mol. The molecule has 1 aromatic carbocycles. The molecule has 20 heavy (non-hydrogen) atoms. The Morgan fingerprint density at radius 2 is 2.30 bits per heavy atom. The lowest BCUT2D eigenvalue weighted by molar-refractivity contribution is 0.199. The third-order valence-electron chi connectivity index (χ3n) is 3.31. The maximum Gasteiger partial charge on any atom is 0.120 e. The minimum atomic E-state index is 0.222. The third-order valence-corrected chi connectivity index (χ3v) is 4.09. The zero-order chi connectivity index (χ0) is 14.2. The van der Waals surface area contributed by atoms with Gasteiger partial charge in [-0.1, -0.05) is 22.0 Å². The van der Waals surface area contributed by atoms with Crippen molar-refractivity contribution in [2.45, 2.75) is 31.9 Å². The third kappa shape index (κ3) is 4.93. The van der Waals surface area contributed by atoms with E-state index in [1.165, 1.54) is 18.4 Å². The van der Waals surface area contributed by atoms with E-state index in [4.69, 9.17) is 9.47 Å².